The lowest BCUT2D eigenvalue weighted by Crippen LogP contribution is -1.96. The predicted molar refractivity (Wildman–Crippen MR) is 201 cm³/mol. The van der Waals surface area contributed by atoms with Crippen molar-refractivity contribution in [1.82, 2.24) is 19.4 Å². The predicted octanol–water partition coefficient (Wildman–Crippen LogP) is 11.3. The molecule has 0 saturated heterocycles. The number of rotatable bonds is 6. The van der Waals surface area contributed by atoms with Crippen molar-refractivity contribution in [2.24, 2.45) is 0 Å². The van der Waals surface area contributed by atoms with Crippen molar-refractivity contribution in [2.45, 2.75) is 0 Å². The molecule has 0 saturated carbocycles. The summed E-state index contributed by atoms with van der Waals surface area (Å²) in [5, 5.41) is 1.03. The van der Waals surface area contributed by atoms with Crippen LogP contribution in [0.3, 0.4) is 0 Å². The zero-order valence-electron chi connectivity index (χ0n) is 26.6. The van der Waals surface area contributed by atoms with Gasteiger partial charge in [0.2, 0.25) is 0 Å². The van der Waals surface area contributed by atoms with E-state index < -0.39 is 0 Å². The third-order valence-corrected chi connectivity index (χ3v) is 9.00. The Morgan fingerprint density at radius 1 is 0.347 bits per heavy atom. The Balaban J connectivity index is 1.25. The standard InChI is InChI=1S/C45H30N4/c1-4-15-31(16-5-1)36-28-37(30-38(29-36)45-46-40-24-11-10-23-39(40)42(48-45)32-17-6-2-7-18-32)34-21-14-22-35(27-34)44-43(33-19-8-3-9-20-33)47-41-25-12-13-26-49(41)44/h1-30H. The summed E-state index contributed by atoms with van der Waals surface area (Å²) < 4.78 is 2.18. The van der Waals surface area contributed by atoms with Crippen molar-refractivity contribution >= 4 is 16.6 Å². The molecule has 0 aliphatic rings. The summed E-state index contributed by atoms with van der Waals surface area (Å²) in [4.78, 5) is 15.4. The Morgan fingerprint density at radius 3 is 1.65 bits per heavy atom. The quantitative estimate of drug-likeness (QED) is 0.184. The Kier molecular flexibility index (Phi) is 7.10. The van der Waals surface area contributed by atoms with E-state index in [4.69, 9.17) is 15.0 Å². The van der Waals surface area contributed by atoms with E-state index in [-0.39, 0.29) is 0 Å². The minimum Gasteiger partial charge on any atom is -0.299 e. The fourth-order valence-corrected chi connectivity index (χ4v) is 6.66. The van der Waals surface area contributed by atoms with Gasteiger partial charge in [0.1, 0.15) is 5.65 Å². The molecule has 6 aromatic carbocycles. The van der Waals surface area contributed by atoms with Gasteiger partial charge in [0.25, 0.3) is 0 Å². The van der Waals surface area contributed by atoms with E-state index in [1.54, 1.807) is 0 Å². The molecule has 0 fully saturated rings. The fourth-order valence-electron chi connectivity index (χ4n) is 6.66. The maximum absolute atomic E-state index is 5.23. The van der Waals surface area contributed by atoms with Crippen LogP contribution in [0, 0.1) is 0 Å². The number of benzene rings is 6. The molecule has 0 bridgehead atoms. The SMILES string of the molecule is c1ccc(-c2cc(-c3cccc(-c4c(-c5ccccc5)nc5ccccn45)c3)cc(-c3nc(-c4ccccc4)c4ccccc4n3)c2)cc1. The highest BCUT2D eigenvalue weighted by atomic mass is 15.0. The Labute approximate surface area is 284 Å². The molecule has 9 aromatic rings. The normalized spacial score (nSPS) is 11.3. The number of fused-ring (bicyclic) bond motifs is 2. The van der Waals surface area contributed by atoms with Crippen molar-refractivity contribution in [1.29, 1.82) is 0 Å². The summed E-state index contributed by atoms with van der Waals surface area (Å²) in [7, 11) is 0. The number of nitrogens with zero attached hydrogens (tertiary/aromatic N) is 4. The van der Waals surface area contributed by atoms with E-state index in [0.717, 1.165) is 78.1 Å². The second kappa shape index (κ2) is 12.2. The lowest BCUT2D eigenvalue weighted by atomic mass is 9.94. The van der Waals surface area contributed by atoms with Crippen LogP contribution < -0.4 is 0 Å². The highest BCUT2D eigenvalue weighted by Crippen LogP contribution is 2.38. The van der Waals surface area contributed by atoms with Crippen LogP contribution in [0.15, 0.2) is 182 Å². The van der Waals surface area contributed by atoms with Gasteiger partial charge in [0, 0.05) is 33.8 Å². The van der Waals surface area contributed by atoms with Crippen LogP contribution in [0.4, 0.5) is 0 Å². The van der Waals surface area contributed by atoms with Gasteiger partial charge in [-0.15, -0.1) is 0 Å². The Hall–Kier alpha value is -6.65. The average Bonchev–Trinajstić information content (AvgIpc) is 3.58. The van der Waals surface area contributed by atoms with E-state index in [1.807, 2.05) is 30.3 Å². The molecule has 0 atom stereocenters. The number of imidazole rings is 1. The van der Waals surface area contributed by atoms with Gasteiger partial charge in [-0.25, -0.2) is 15.0 Å². The summed E-state index contributed by atoms with van der Waals surface area (Å²) in [5.41, 5.74) is 13.4. The van der Waals surface area contributed by atoms with Crippen LogP contribution in [0.25, 0.3) is 84.0 Å². The topological polar surface area (TPSA) is 43.1 Å². The van der Waals surface area contributed by atoms with Gasteiger partial charge in [-0.3, -0.25) is 4.40 Å². The molecule has 230 valence electrons. The summed E-state index contributed by atoms with van der Waals surface area (Å²) in [6.07, 6.45) is 2.09. The molecule has 0 N–H and O–H groups in total. The molecule has 3 heterocycles. The maximum Gasteiger partial charge on any atom is 0.160 e. The number of hydrogen-bond acceptors (Lipinski definition) is 3. The van der Waals surface area contributed by atoms with E-state index in [0.29, 0.717) is 5.82 Å². The number of aromatic nitrogens is 4. The average molecular weight is 627 g/mol. The van der Waals surface area contributed by atoms with Gasteiger partial charge in [0.15, 0.2) is 5.82 Å². The van der Waals surface area contributed by atoms with Crippen LogP contribution in [-0.2, 0) is 0 Å². The summed E-state index contributed by atoms with van der Waals surface area (Å²) >= 11 is 0. The molecule has 0 radical (unpaired) electrons. The van der Waals surface area contributed by atoms with E-state index >= 15 is 0 Å². The van der Waals surface area contributed by atoms with Gasteiger partial charge in [-0.1, -0.05) is 133 Å². The van der Waals surface area contributed by atoms with Gasteiger partial charge < -0.3 is 0 Å². The zero-order chi connectivity index (χ0) is 32.6. The van der Waals surface area contributed by atoms with Crippen molar-refractivity contribution in [3.05, 3.63) is 182 Å². The number of para-hydroxylation sites is 1. The molecule has 9 rings (SSSR count). The first kappa shape index (κ1) is 28.6. The van der Waals surface area contributed by atoms with Gasteiger partial charge in [-0.2, -0.15) is 0 Å². The monoisotopic (exact) mass is 626 g/mol. The Bertz CT molecular complexity index is 2590. The van der Waals surface area contributed by atoms with Crippen LogP contribution in [0.5, 0.6) is 0 Å². The largest absolute Gasteiger partial charge is 0.299 e. The van der Waals surface area contributed by atoms with Gasteiger partial charge >= 0.3 is 0 Å². The number of pyridine rings is 1. The van der Waals surface area contributed by atoms with Crippen molar-refractivity contribution < 1.29 is 0 Å². The molecule has 3 aromatic heterocycles. The first-order valence-corrected chi connectivity index (χ1v) is 16.4. The summed E-state index contributed by atoms with van der Waals surface area (Å²) in [5.74, 6) is 0.695. The highest BCUT2D eigenvalue weighted by Gasteiger charge is 2.18. The third kappa shape index (κ3) is 5.35. The minimum atomic E-state index is 0.695. The second-order valence-electron chi connectivity index (χ2n) is 12.1. The minimum absolute atomic E-state index is 0.695. The molecule has 4 nitrogen and oxygen atoms in total. The molecule has 0 aliphatic heterocycles. The second-order valence-corrected chi connectivity index (χ2v) is 12.1. The van der Waals surface area contributed by atoms with Gasteiger partial charge in [0.05, 0.1) is 22.6 Å². The smallest absolute Gasteiger partial charge is 0.160 e. The van der Waals surface area contributed by atoms with E-state index in [1.165, 1.54) is 0 Å². The van der Waals surface area contributed by atoms with Crippen LogP contribution in [-0.4, -0.2) is 19.4 Å². The van der Waals surface area contributed by atoms with Crippen LogP contribution in [0.2, 0.25) is 0 Å². The third-order valence-electron chi connectivity index (χ3n) is 9.00. The highest BCUT2D eigenvalue weighted by molar-refractivity contribution is 5.94. The number of hydrogen-bond donors (Lipinski definition) is 0. The lowest BCUT2D eigenvalue weighted by Gasteiger charge is -2.14. The van der Waals surface area contributed by atoms with Crippen LogP contribution in [0.1, 0.15) is 0 Å². The van der Waals surface area contributed by atoms with Crippen molar-refractivity contribution in [2.75, 3.05) is 0 Å². The molecule has 49 heavy (non-hydrogen) atoms. The lowest BCUT2D eigenvalue weighted by molar-refractivity contribution is 1.19. The molecular weight excluding hydrogens is 597 g/mol. The van der Waals surface area contributed by atoms with Crippen molar-refractivity contribution in [3.8, 4) is 67.4 Å². The Morgan fingerprint density at radius 2 is 0.898 bits per heavy atom. The van der Waals surface area contributed by atoms with Gasteiger partial charge in [-0.05, 0) is 64.7 Å². The first-order chi connectivity index (χ1) is 24.3. The summed E-state index contributed by atoms with van der Waals surface area (Å²) in [6, 6.07) is 61.2. The molecule has 0 unspecified atom stereocenters. The molecule has 0 amide bonds. The van der Waals surface area contributed by atoms with Crippen LogP contribution >= 0.6 is 0 Å². The molecule has 4 heteroatoms. The van der Waals surface area contributed by atoms with Crippen molar-refractivity contribution in [3.63, 3.8) is 0 Å². The van der Waals surface area contributed by atoms with E-state index in [2.05, 4.69) is 156 Å². The zero-order valence-corrected chi connectivity index (χ0v) is 26.6. The first-order valence-electron chi connectivity index (χ1n) is 16.4. The van der Waals surface area contributed by atoms with E-state index in [9.17, 15) is 0 Å². The molecular formula is C45H30N4. The summed E-state index contributed by atoms with van der Waals surface area (Å²) in [6.45, 7) is 0. The molecule has 0 aliphatic carbocycles. The molecule has 0 spiro atoms. The fraction of sp³-hybridized carbons (Fsp3) is 0. The maximum atomic E-state index is 5.23.